The summed E-state index contributed by atoms with van der Waals surface area (Å²) in [6, 6.07) is 12.3. The molecule has 1 aliphatic heterocycles. The van der Waals surface area contributed by atoms with Gasteiger partial charge in [0.25, 0.3) is 0 Å². The number of nitrogens with one attached hydrogen (secondary N) is 1. The van der Waals surface area contributed by atoms with Gasteiger partial charge in [-0.3, -0.25) is 14.5 Å². The molecule has 0 bridgehead atoms. The first-order valence-electron chi connectivity index (χ1n) is 10.1. The third kappa shape index (κ3) is 3.62. The molecule has 2 atom stereocenters. The molecular weight excluding hydrogens is 424 g/mol. The summed E-state index contributed by atoms with van der Waals surface area (Å²) in [6.07, 6.45) is 7.36. The van der Waals surface area contributed by atoms with Gasteiger partial charge in [0.2, 0.25) is 0 Å². The Morgan fingerprint density at radius 2 is 2.00 bits per heavy atom. The van der Waals surface area contributed by atoms with Gasteiger partial charge in [0, 0.05) is 48.1 Å². The number of aryl methyl sites for hydroxylation is 1. The number of pyridine rings is 2. The van der Waals surface area contributed by atoms with Gasteiger partial charge in [-0.1, -0.05) is 12.1 Å². The number of rotatable bonds is 5. The van der Waals surface area contributed by atoms with Crippen LogP contribution in [-0.4, -0.2) is 29.5 Å². The van der Waals surface area contributed by atoms with Crippen LogP contribution in [0.4, 0.5) is 0 Å². The average Bonchev–Trinajstić information content (AvgIpc) is 3.49. The van der Waals surface area contributed by atoms with Crippen LogP contribution in [0, 0.1) is 13.8 Å². The fourth-order valence-corrected chi connectivity index (χ4v) is 5.37. The molecule has 1 fully saturated rings. The van der Waals surface area contributed by atoms with Crippen LogP contribution in [0.3, 0.4) is 0 Å². The molecule has 1 saturated heterocycles. The highest BCUT2D eigenvalue weighted by atomic mass is 32.1. The van der Waals surface area contributed by atoms with Crippen LogP contribution < -0.4 is 5.32 Å². The quantitative estimate of drug-likeness (QED) is 0.455. The molecule has 0 amide bonds. The largest absolute Gasteiger partial charge is 0.352 e. The second-order valence-electron chi connectivity index (χ2n) is 7.59. The Labute approximate surface area is 190 Å². The maximum atomic E-state index is 5.81. The lowest BCUT2D eigenvalue weighted by molar-refractivity contribution is 0.310. The van der Waals surface area contributed by atoms with Gasteiger partial charge in [-0.2, -0.15) is 0 Å². The smallest absolute Gasteiger partial charge is 0.193 e. The van der Waals surface area contributed by atoms with E-state index in [4.69, 9.17) is 12.2 Å². The normalized spacial score (nSPS) is 18.4. The zero-order valence-electron chi connectivity index (χ0n) is 17.3. The highest BCUT2D eigenvalue weighted by Crippen LogP contribution is 2.42. The van der Waals surface area contributed by atoms with Crippen molar-refractivity contribution in [3.8, 4) is 5.13 Å². The maximum absolute atomic E-state index is 5.81. The van der Waals surface area contributed by atoms with Crippen molar-refractivity contribution in [3.63, 3.8) is 0 Å². The molecule has 0 radical (unpaired) electrons. The van der Waals surface area contributed by atoms with Gasteiger partial charge in [0.1, 0.15) is 0 Å². The molecule has 0 saturated carbocycles. The lowest BCUT2D eigenvalue weighted by atomic mass is 9.96. The lowest BCUT2D eigenvalue weighted by Gasteiger charge is -2.28. The number of nitrogens with zero attached hydrogens (tertiary/aromatic N) is 5. The summed E-state index contributed by atoms with van der Waals surface area (Å²) < 4.78 is 2.22. The van der Waals surface area contributed by atoms with Crippen molar-refractivity contribution in [2.24, 2.45) is 0 Å². The van der Waals surface area contributed by atoms with E-state index in [1.54, 1.807) is 17.5 Å². The zero-order chi connectivity index (χ0) is 21.4. The Morgan fingerprint density at radius 1 is 1.10 bits per heavy atom. The fraction of sp³-hybridized carbons (Fsp3) is 0.217. The molecule has 5 rings (SSSR count). The monoisotopic (exact) mass is 446 g/mol. The Hall–Kier alpha value is -3.10. The van der Waals surface area contributed by atoms with E-state index in [1.807, 2.05) is 42.2 Å². The second-order valence-corrected chi connectivity index (χ2v) is 8.85. The highest BCUT2D eigenvalue weighted by molar-refractivity contribution is 7.80. The van der Waals surface area contributed by atoms with Crippen LogP contribution in [0.1, 0.15) is 40.3 Å². The van der Waals surface area contributed by atoms with Crippen LogP contribution in [0.25, 0.3) is 5.13 Å². The van der Waals surface area contributed by atoms with Crippen molar-refractivity contribution < 1.29 is 0 Å². The predicted octanol–water partition coefficient (Wildman–Crippen LogP) is 4.51. The molecule has 0 unspecified atom stereocenters. The van der Waals surface area contributed by atoms with Crippen LogP contribution in [0.15, 0.2) is 66.6 Å². The van der Waals surface area contributed by atoms with Crippen molar-refractivity contribution >= 4 is 28.7 Å². The van der Waals surface area contributed by atoms with Gasteiger partial charge in [0.15, 0.2) is 10.2 Å². The molecule has 0 spiro atoms. The Morgan fingerprint density at radius 3 is 2.71 bits per heavy atom. The Kier molecular flexibility index (Phi) is 5.25. The number of hydrogen-bond acceptors (Lipinski definition) is 5. The van der Waals surface area contributed by atoms with E-state index >= 15 is 0 Å². The van der Waals surface area contributed by atoms with Crippen molar-refractivity contribution in [2.75, 3.05) is 0 Å². The van der Waals surface area contributed by atoms with Crippen molar-refractivity contribution in [1.82, 2.24) is 29.7 Å². The molecule has 4 aromatic rings. The fourth-order valence-electron chi connectivity index (χ4n) is 4.31. The molecule has 0 aliphatic carbocycles. The van der Waals surface area contributed by atoms with Crippen LogP contribution in [0.2, 0.25) is 0 Å². The molecule has 0 aromatic carbocycles. The van der Waals surface area contributed by atoms with Gasteiger partial charge >= 0.3 is 0 Å². The summed E-state index contributed by atoms with van der Waals surface area (Å²) in [5.74, 6) is 0. The summed E-state index contributed by atoms with van der Waals surface area (Å²) in [6.45, 7) is 4.96. The van der Waals surface area contributed by atoms with Gasteiger partial charge in [0.05, 0.1) is 17.8 Å². The third-order valence-electron chi connectivity index (χ3n) is 5.67. The summed E-state index contributed by atoms with van der Waals surface area (Å²) >= 11 is 7.44. The minimum atomic E-state index is -0.0457. The van der Waals surface area contributed by atoms with Crippen LogP contribution in [-0.2, 0) is 6.54 Å². The summed E-state index contributed by atoms with van der Waals surface area (Å²) in [4.78, 5) is 15.7. The second kappa shape index (κ2) is 8.20. The van der Waals surface area contributed by atoms with Crippen molar-refractivity contribution in [1.29, 1.82) is 0 Å². The lowest BCUT2D eigenvalue weighted by Crippen LogP contribution is -2.29. The molecule has 5 heterocycles. The Balaban J connectivity index is 1.62. The van der Waals surface area contributed by atoms with Gasteiger partial charge in [-0.25, -0.2) is 4.98 Å². The number of thiazole rings is 1. The first-order valence-corrected chi connectivity index (χ1v) is 11.4. The van der Waals surface area contributed by atoms with E-state index in [-0.39, 0.29) is 12.1 Å². The van der Waals surface area contributed by atoms with E-state index in [0.29, 0.717) is 6.54 Å². The summed E-state index contributed by atoms with van der Waals surface area (Å²) in [5.41, 5.74) is 5.64. The maximum Gasteiger partial charge on any atom is 0.193 e. The van der Waals surface area contributed by atoms with E-state index in [2.05, 4.69) is 61.8 Å². The highest BCUT2D eigenvalue weighted by Gasteiger charge is 2.41. The molecule has 6 nitrogen and oxygen atoms in total. The van der Waals surface area contributed by atoms with Crippen molar-refractivity contribution in [3.05, 3.63) is 94.8 Å². The number of hydrogen-bond donors (Lipinski definition) is 1. The molecule has 4 aromatic heterocycles. The first-order chi connectivity index (χ1) is 15.1. The molecule has 8 heteroatoms. The molecule has 1 N–H and O–H groups in total. The molecule has 1 aliphatic rings. The van der Waals surface area contributed by atoms with Gasteiger partial charge in [-0.15, -0.1) is 11.3 Å². The zero-order valence-corrected chi connectivity index (χ0v) is 18.9. The Bertz CT molecular complexity index is 1190. The van der Waals surface area contributed by atoms with Gasteiger partial charge < -0.3 is 10.2 Å². The molecular formula is C23H22N6S2. The third-order valence-corrected chi connectivity index (χ3v) is 6.78. The topological polar surface area (TPSA) is 58.9 Å². The van der Waals surface area contributed by atoms with Crippen molar-refractivity contribution in [2.45, 2.75) is 32.5 Å². The van der Waals surface area contributed by atoms with E-state index < -0.39 is 0 Å². The number of thiocarbonyl (C=S) groups is 1. The average molecular weight is 447 g/mol. The standard InChI is InChI=1S/C23H22N6S2/c1-15-12-18(16(2)29(15)23-26-10-11-31-23)21-20(19-7-3-4-9-25-19)27-22(30)28(21)14-17-6-5-8-24-13-17/h3-13,20-21H,14H2,1-2H3,(H,27,30)/t20-,21+/m1/s1. The van der Waals surface area contributed by atoms with Crippen LogP contribution in [0.5, 0.6) is 0 Å². The van der Waals surface area contributed by atoms with Crippen LogP contribution >= 0.6 is 23.6 Å². The molecule has 156 valence electrons. The van der Waals surface area contributed by atoms with E-state index in [0.717, 1.165) is 27.2 Å². The van der Waals surface area contributed by atoms with E-state index in [9.17, 15) is 0 Å². The SMILES string of the molecule is Cc1cc([C@H]2[C@@H](c3ccccn3)NC(=S)N2Cc2cccnc2)c(C)n1-c1nccs1. The summed E-state index contributed by atoms with van der Waals surface area (Å²) in [5, 5.41) is 7.24. The number of aromatic nitrogens is 4. The predicted molar refractivity (Wildman–Crippen MR) is 126 cm³/mol. The van der Waals surface area contributed by atoms with Gasteiger partial charge in [-0.05, 0) is 61.5 Å². The molecule has 31 heavy (non-hydrogen) atoms. The van der Waals surface area contributed by atoms with E-state index in [1.165, 1.54) is 11.3 Å². The minimum Gasteiger partial charge on any atom is -0.352 e. The summed E-state index contributed by atoms with van der Waals surface area (Å²) in [7, 11) is 0. The first kappa shape index (κ1) is 19.8. The minimum absolute atomic E-state index is 0.00233.